The Hall–Kier alpha value is -1.63. The van der Waals surface area contributed by atoms with Crippen molar-refractivity contribution in [3.05, 3.63) is 0 Å². The van der Waals surface area contributed by atoms with Crippen molar-refractivity contribution in [3.8, 4) is 0 Å². The van der Waals surface area contributed by atoms with Gasteiger partial charge >= 0.3 is 5.97 Å². The molecule has 7 heteroatoms. The monoisotopic (exact) mass is 341 g/mol. The van der Waals surface area contributed by atoms with Crippen LogP contribution < -0.4 is 10.6 Å². The van der Waals surface area contributed by atoms with E-state index >= 15 is 0 Å². The number of carbonyl (C=O) groups excluding carboxylic acids is 2. The summed E-state index contributed by atoms with van der Waals surface area (Å²) in [4.78, 5) is 38.0. The summed E-state index contributed by atoms with van der Waals surface area (Å²) < 4.78 is 0. The third-order valence-electron chi connectivity index (χ3n) is 4.31. The summed E-state index contributed by atoms with van der Waals surface area (Å²) in [6.45, 7) is 10.5. The van der Waals surface area contributed by atoms with Gasteiger partial charge in [-0.1, -0.05) is 27.7 Å². The lowest BCUT2D eigenvalue weighted by atomic mass is 9.85. The van der Waals surface area contributed by atoms with Crippen LogP contribution in [0.5, 0.6) is 0 Å². The van der Waals surface area contributed by atoms with E-state index in [1.807, 2.05) is 27.7 Å². The maximum atomic E-state index is 12.9. The van der Waals surface area contributed by atoms with Gasteiger partial charge in [0.2, 0.25) is 11.8 Å². The van der Waals surface area contributed by atoms with Crippen molar-refractivity contribution in [1.82, 2.24) is 15.5 Å². The minimum atomic E-state index is -0.988. The number of likely N-dealkylation sites (tertiary alicyclic amines) is 1. The topological polar surface area (TPSA) is 98.7 Å². The molecule has 0 spiro atoms. The molecular weight excluding hydrogens is 310 g/mol. The van der Waals surface area contributed by atoms with Gasteiger partial charge < -0.3 is 20.6 Å². The average molecular weight is 341 g/mol. The van der Waals surface area contributed by atoms with Crippen molar-refractivity contribution in [2.45, 2.75) is 72.0 Å². The molecule has 0 saturated carbocycles. The molecule has 2 amide bonds. The van der Waals surface area contributed by atoms with Gasteiger partial charge in [0.25, 0.3) is 0 Å². The molecule has 1 saturated heterocycles. The molecule has 3 N–H and O–H groups in total. The van der Waals surface area contributed by atoms with E-state index in [0.29, 0.717) is 19.4 Å². The first kappa shape index (κ1) is 20.4. The Bertz CT molecular complexity index is 473. The Morgan fingerprint density at radius 2 is 1.92 bits per heavy atom. The fraction of sp³-hybridized carbons (Fsp3) is 0.824. The zero-order valence-electron chi connectivity index (χ0n) is 15.4. The number of carbonyl (C=O) groups is 3. The van der Waals surface area contributed by atoms with Crippen LogP contribution in [0.25, 0.3) is 0 Å². The molecule has 1 rings (SSSR count). The molecule has 1 heterocycles. The number of aliphatic carboxylic acids is 1. The normalized spacial score (nSPS) is 20.5. The highest BCUT2D eigenvalue weighted by Crippen LogP contribution is 2.25. The predicted molar refractivity (Wildman–Crippen MR) is 91.5 cm³/mol. The van der Waals surface area contributed by atoms with Gasteiger partial charge in [-0.05, 0) is 38.1 Å². The number of rotatable bonds is 7. The van der Waals surface area contributed by atoms with E-state index in [2.05, 4.69) is 10.6 Å². The van der Waals surface area contributed by atoms with Crippen LogP contribution in [-0.4, -0.2) is 59.0 Å². The van der Waals surface area contributed by atoms with Crippen LogP contribution in [0.4, 0.5) is 0 Å². The fourth-order valence-corrected chi connectivity index (χ4v) is 2.82. The maximum absolute atomic E-state index is 12.9. The molecule has 0 radical (unpaired) electrons. The van der Waals surface area contributed by atoms with E-state index in [-0.39, 0.29) is 11.8 Å². The number of carboxylic acids is 1. The van der Waals surface area contributed by atoms with E-state index < -0.39 is 29.5 Å². The molecule has 1 aliphatic heterocycles. The molecule has 1 fully saturated rings. The van der Waals surface area contributed by atoms with E-state index in [0.717, 1.165) is 13.0 Å². The Morgan fingerprint density at radius 1 is 1.29 bits per heavy atom. The molecule has 7 nitrogen and oxygen atoms in total. The zero-order chi connectivity index (χ0) is 18.5. The van der Waals surface area contributed by atoms with Gasteiger partial charge in [0.1, 0.15) is 12.1 Å². The van der Waals surface area contributed by atoms with Crippen LogP contribution in [0.2, 0.25) is 0 Å². The van der Waals surface area contributed by atoms with Crippen LogP contribution in [0, 0.1) is 5.41 Å². The van der Waals surface area contributed by atoms with Gasteiger partial charge in [0, 0.05) is 6.54 Å². The van der Waals surface area contributed by atoms with Gasteiger partial charge in [-0.25, -0.2) is 4.79 Å². The van der Waals surface area contributed by atoms with E-state index in [9.17, 15) is 19.5 Å². The standard InChI is InChI=1S/C17H31N3O4/c1-6-9-18-11(2)14(21)19-13(17(3,4)5)15(22)20-10-7-8-12(20)16(23)24/h11-13,18H,6-10H2,1-5H3,(H,19,21)(H,23,24). The molecule has 3 atom stereocenters. The Labute approximate surface area is 144 Å². The first-order valence-electron chi connectivity index (χ1n) is 8.66. The lowest BCUT2D eigenvalue weighted by Crippen LogP contribution is -2.59. The van der Waals surface area contributed by atoms with Crippen LogP contribution in [-0.2, 0) is 14.4 Å². The van der Waals surface area contributed by atoms with Crippen molar-refractivity contribution in [3.63, 3.8) is 0 Å². The number of nitrogens with zero attached hydrogens (tertiary/aromatic N) is 1. The molecular formula is C17H31N3O4. The number of nitrogens with one attached hydrogen (secondary N) is 2. The molecule has 24 heavy (non-hydrogen) atoms. The second kappa shape index (κ2) is 8.46. The number of hydrogen-bond acceptors (Lipinski definition) is 4. The van der Waals surface area contributed by atoms with Gasteiger partial charge in [-0.3, -0.25) is 9.59 Å². The highest BCUT2D eigenvalue weighted by molar-refractivity contribution is 5.92. The summed E-state index contributed by atoms with van der Waals surface area (Å²) in [6.07, 6.45) is 2.04. The average Bonchev–Trinajstić information content (AvgIpc) is 2.97. The van der Waals surface area contributed by atoms with Crippen molar-refractivity contribution in [2.24, 2.45) is 5.41 Å². The summed E-state index contributed by atoms with van der Waals surface area (Å²) >= 11 is 0. The van der Waals surface area contributed by atoms with Crippen LogP contribution in [0.15, 0.2) is 0 Å². The maximum Gasteiger partial charge on any atom is 0.326 e. The highest BCUT2D eigenvalue weighted by atomic mass is 16.4. The third-order valence-corrected chi connectivity index (χ3v) is 4.31. The summed E-state index contributed by atoms with van der Waals surface area (Å²) in [6, 6.07) is -1.96. The lowest BCUT2D eigenvalue weighted by molar-refractivity contribution is -0.150. The van der Waals surface area contributed by atoms with E-state index in [1.54, 1.807) is 6.92 Å². The zero-order valence-corrected chi connectivity index (χ0v) is 15.4. The Balaban J connectivity index is 2.88. The Morgan fingerprint density at radius 3 is 2.42 bits per heavy atom. The van der Waals surface area contributed by atoms with Crippen molar-refractivity contribution >= 4 is 17.8 Å². The van der Waals surface area contributed by atoms with Crippen molar-refractivity contribution in [2.75, 3.05) is 13.1 Å². The first-order valence-corrected chi connectivity index (χ1v) is 8.66. The minimum absolute atomic E-state index is 0.247. The number of amides is 2. The molecule has 0 aromatic heterocycles. The fourth-order valence-electron chi connectivity index (χ4n) is 2.82. The molecule has 0 aromatic carbocycles. The number of hydrogen-bond donors (Lipinski definition) is 3. The summed E-state index contributed by atoms with van der Waals surface area (Å²) in [5, 5.41) is 15.2. The summed E-state index contributed by atoms with van der Waals surface area (Å²) in [5.41, 5.74) is -0.511. The quantitative estimate of drug-likeness (QED) is 0.641. The summed E-state index contributed by atoms with van der Waals surface area (Å²) in [7, 11) is 0. The largest absolute Gasteiger partial charge is 0.480 e. The van der Waals surface area contributed by atoms with Crippen LogP contribution >= 0.6 is 0 Å². The number of carboxylic acid groups (broad SMARTS) is 1. The van der Waals surface area contributed by atoms with E-state index in [4.69, 9.17) is 0 Å². The molecule has 0 bridgehead atoms. The summed E-state index contributed by atoms with van der Waals surface area (Å²) in [5.74, 6) is -1.55. The van der Waals surface area contributed by atoms with Gasteiger partial charge in [-0.2, -0.15) is 0 Å². The van der Waals surface area contributed by atoms with Gasteiger partial charge in [0.15, 0.2) is 0 Å². The second-order valence-electron chi connectivity index (χ2n) is 7.51. The van der Waals surface area contributed by atoms with Crippen molar-refractivity contribution < 1.29 is 19.5 Å². The van der Waals surface area contributed by atoms with Crippen LogP contribution in [0.1, 0.15) is 53.9 Å². The van der Waals surface area contributed by atoms with Crippen LogP contribution in [0.3, 0.4) is 0 Å². The predicted octanol–water partition coefficient (Wildman–Crippen LogP) is 0.981. The molecule has 3 unspecified atom stereocenters. The molecule has 138 valence electrons. The van der Waals surface area contributed by atoms with Gasteiger partial charge in [-0.15, -0.1) is 0 Å². The highest BCUT2D eigenvalue weighted by Gasteiger charge is 2.42. The smallest absolute Gasteiger partial charge is 0.326 e. The molecule has 1 aliphatic rings. The van der Waals surface area contributed by atoms with Gasteiger partial charge in [0.05, 0.1) is 6.04 Å². The Kier molecular flexibility index (Phi) is 7.20. The third kappa shape index (κ3) is 5.19. The van der Waals surface area contributed by atoms with E-state index in [1.165, 1.54) is 4.90 Å². The molecule has 0 aromatic rings. The second-order valence-corrected chi connectivity index (χ2v) is 7.51. The lowest BCUT2D eigenvalue weighted by Gasteiger charge is -2.35. The first-order chi connectivity index (χ1) is 11.1. The molecule has 0 aliphatic carbocycles. The minimum Gasteiger partial charge on any atom is -0.480 e. The SMILES string of the molecule is CCCNC(C)C(=O)NC(C(=O)N1CCCC1C(=O)O)C(C)(C)C. The van der Waals surface area contributed by atoms with Crippen molar-refractivity contribution in [1.29, 1.82) is 0 Å².